The fourth-order valence-electron chi connectivity index (χ4n) is 5.05. The molecule has 2 aromatic carbocycles. The molecular weight excluding hydrogens is 513 g/mol. The number of amides is 4. The predicted octanol–water partition coefficient (Wildman–Crippen LogP) is 3.26. The summed E-state index contributed by atoms with van der Waals surface area (Å²) in [6.07, 6.45) is 1.08. The van der Waals surface area contributed by atoms with Crippen LogP contribution in [-0.2, 0) is 14.4 Å². The molecule has 1 aliphatic heterocycles. The Bertz CT molecular complexity index is 1280. The predicted molar refractivity (Wildman–Crippen MR) is 136 cm³/mol. The van der Waals surface area contributed by atoms with E-state index in [0.717, 1.165) is 23.8 Å². The first-order valence-corrected chi connectivity index (χ1v) is 12.5. The normalized spacial score (nSPS) is 18.0. The van der Waals surface area contributed by atoms with E-state index in [0.29, 0.717) is 12.8 Å². The van der Waals surface area contributed by atoms with Gasteiger partial charge in [0.2, 0.25) is 5.91 Å². The number of carbonyl (C=O) groups is 4. The second-order valence-corrected chi connectivity index (χ2v) is 9.53. The molecule has 2 aromatic rings. The SMILES string of the molecule is O=C(O)CC(NC(=O)C1N(C(=O)Nc2cccc(F)c2)CCN1C(=O)C1CCCC1)c1cccc([N+](=O)[O-])c1. The van der Waals surface area contributed by atoms with Gasteiger partial charge in [0, 0.05) is 36.8 Å². The summed E-state index contributed by atoms with van der Waals surface area (Å²) in [5, 5.41) is 25.8. The van der Waals surface area contributed by atoms with Crippen LogP contribution in [0.1, 0.15) is 43.7 Å². The Morgan fingerprint density at radius 3 is 2.41 bits per heavy atom. The zero-order valence-electron chi connectivity index (χ0n) is 20.9. The lowest BCUT2D eigenvalue weighted by molar-refractivity contribution is -0.384. The minimum atomic E-state index is -1.40. The van der Waals surface area contributed by atoms with Crippen LogP contribution < -0.4 is 10.6 Å². The van der Waals surface area contributed by atoms with Crippen molar-refractivity contribution in [2.45, 2.75) is 44.3 Å². The molecule has 2 aliphatic rings. The van der Waals surface area contributed by atoms with Crippen LogP contribution in [0.15, 0.2) is 48.5 Å². The number of rotatable bonds is 8. The zero-order valence-corrected chi connectivity index (χ0v) is 20.9. The zero-order chi connectivity index (χ0) is 28.1. The second-order valence-electron chi connectivity index (χ2n) is 9.53. The van der Waals surface area contributed by atoms with Crippen LogP contribution in [0.3, 0.4) is 0 Å². The fraction of sp³-hybridized carbons (Fsp3) is 0.385. The fourth-order valence-corrected chi connectivity index (χ4v) is 5.05. The molecule has 13 heteroatoms. The highest BCUT2D eigenvalue weighted by atomic mass is 19.1. The maximum Gasteiger partial charge on any atom is 0.323 e. The number of nitrogens with zero attached hydrogens (tertiary/aromatic N) is 3. The van der Waals surface area contributed by atoms with Crippen molar-refractivity contribution in [1.29, 1.82) is 0 Å². The summed E-state index contributed by atoms with van der Waals surface area (Å²) in [6.45, 7) is 0.0858. The van der Waals surface area contributed by atoms with E-state index in [1.165, 1.54) is 47.4 Å². The van der Waals surface area contributed by atoms with Gasteiger partial charge in [0.15, 0.2) is 6.17 Å². The van der Waals surface area contributed by atoms with Gasteiger partial charge in [-0.25, -0.2) is 9.18 Å². The quantitative estimate of drug-likeness (QED) is 0.341. The van der Waals surface area contributed by atoms with Gasteiger partial charge in [-0.2, -0.15) is 0 Å². The van der Waals surface area contributed by atoms with Crippen molar-refractivity contribution in [3.05, 3.63) is 70.0 Å². The first-order chi connectivity index (χ1) is 18.6. The van der Waals surface area contributed by atoms with E-state index >= 15 is 0 Å². The third-order valence-corrected chi connectivity index (χ3v) is 6.91. The molecule has 0 radical (unpaired) electrons. The number of carboxylic acids is 1. The maximum absolute atomic E-state index is 13.7. The Kier molecular flexibility index (Phi) is 8.37. The Balaban J connectivity index is 1.62. The van der Waals surface area contributed by atoms with Gasteiger partial charge >= 0.3 is 12.0 Å². The number of benzene rings is 2. The molecule has 0 aromatic heterocycles. The Hall–Kier alpha value is -4.55. The van der Waals surface area contributed by atoms with Crippen LogP contribution in [0.2, 0.25) is 0 Å². The van der Waals surface area contributed by atoms with Crippen molar-refractivity contribution >= 4 is 35.2 Å². The van der Waals surface area contributed by atoms with E-state index in [-0.39, 0.29) is 41.9 Å². The highest BCUT2D eigenvalue weighted by Gasteiger charge is 2.45. The number of carboxylic acid groups (broad SMARTS) is 1. The lowest BCUT2D eigenvalue weighted by Crippen LogP contribution is -2.56. The number of nitrogens with one attached hydrogen (secondary N) is 2. The lowest BCUT2D eigenvalue weighted by atomic mass is 10.0. The average Bonchev–Trinajstić information content (AvgIpc) is 3.58. The Morgan fingerprint density at radius 2 is 1.74 bits per heavy atom. The van der Waals surface area contributed by atoms with Crippen molar-refractivity contribution in [3.63, 3.8) is 0 Å². The van der Waals surface area contributed by atoms with E-state index < -0.39 is 47.3 Å². The number of nitro groups is 1. The molecule has 1 heterocycles. The Labute approximate surface area is 222 Å². The number of anilines is 1. The molecule has 3 N–H and O–H groups in total. The summed E-state index contributed by atoms with van der Waals surface area (Å²) in [5.74, 6) is -3.23. The van der Waals surface area contributed by atoms with Gasteiger partial charge in [-0.3, -0.25) is 29.4 Å². The average molecular weight is 542 g/mol. The molecule has 1 saturated carbocycles. The van der Waals surface area contributed by atoms with E-state index in [9.17, 15) is 38.8 Å². The van der Waals surface area contributed by atoms with Crippen LogP contribution in [-0.4, -0.2) is 62.9 Å². The molecular formula is C26H28FN5O7. The minimum absolute atomic E-state index is 0.0120. The number of urea groups is 1. The van der Waals surface area contributed by atoms with Gasteiger partial charge < -0.3 is 20.6 Å². The topological polar surface area (TPSA) is 162 Å². The summed E-state index contributed by atoms with van der Waals surface area (Å²) in [4.78, 5) is 64.9. The molecule has 2 unspecified atom stereocenters. The smallest absolute Gasteiger partial charge is 0.323 e. The molecule has 4 rings (SSSR count). The summed E-state index contributed by atoms with van der Waals surface area (Å²) in [5.41, 5.74) is 0.0506. The molecule has 12 nitrogen and oxygen atoms in total. The first kappa shape index (κ1) is 27.5. The molecule has 4 amide bonds. The third-order valence-electron chi connectivity index (χ3n) is 6.91. The van der Waals surface area contributed by atoms with E-state index in [2.05, 4.69) is 10.6 Å². The van der Waals surface area contributed by atoms with Crippen LogP contribution in [0, 0.1) is 21.8 Å². The number of hydrogen-bond acceptors (Lipinski definition) is 6. The van der Waals surface area contributed by atoms with Crippen molar-refractivity contribution in [3.8, 4) is 0 Å². The standard InChI is InChI=1S/C26H28FN5O7/c27-18-8-4-9-19(14-18)28-26(37)31-12-11-30(25(36)16-5-1-2-6-16)24(31)23(35)29-21(15-22(33)34)17-7-3-10-20(13-17)32(38)39/h3-4,7-10,13-14,16,21,24H,1-2,5-6,11-12,15H2,(H,28,37)(H,29,35)(H,33,34). The number of hydrogen-bond donors (Lipinski definition) is 3. The number of halogens is 1. The largest absolute Gasteiger partial charge is 0.481 e. The summed E-state index contributed by atoms with van der Waals surface area (Å²) in [6, 6.07) is 8.50. The number of nitro benzene ring substituents is 1. The van der Waals surface area contributed by atoms with Crippen molar-refractivity contribution < 1.29 is 33.6 Å². The number of non-ortho nitro benzene ring substituents is 1. The molecule has 39 heavy (non-hydrogen) atoms. The first-order valence-electron chi connectivity index (χ1n) is 12.5. The van der Waals surface area contributed by atoms with Gasteiger partial charge in [0.1, 0.15) is 5.82 Å². The van der Waals surface area contributed by atoms with Crippen molar-refractivity contribution in [2.24, 2.45) is 5.92 Å². The van der Waals surface area contributed by atoms with Gasteiger partial charge in [-0.15, -0.1) is 0 Å². The summed E-state index contributed by atoms with van der Waals surface area (Å²) in [7, 11) is 0. The van der Waals surface area contributed by atoms with Gasteiger partial charge in [0.25, 0.3) is 11.6 Å². The molecule has 1 saturated heterocycles. The molecule has 2 atom stereocenters. The monoisotopic (exact) mass is 541 g/mol. The molecule has 1 aliphatic carbocycles. The second kappa shape index (κ2) is 11.9. The van der Waals surface area contributed by atoms with Gasteiger partial charge in [-0.1, -0.05) is 31.0 Å². The summed E-state index contributed by atoms with van der Waals surface area (Å²) < 4.78 is 13.7. The van der Waals surface area contributed by atoms with Crippen LogP contribution in [0.5, 0.6) is 0 Å². The highest BCUT2D eigenvalue weighted by Crippen LogP contribution is 2.30. The lowest BCUT2D eigenvalue weighted by Gasteiger charge is -2.32. The van der Waals surface area contributed by atoms with Crippen LogP contribution >= 0.6 is 0 Å². The maximum atomic E-state index is 13.7. The molecule has 0 spiro atoms. The number of aliphatic carboxylic acids is 1. The van der Waals surface area contributed by atoms with Crippen molar-refractivity contribution in [1.82, 2.24) is 15.1 Å². The minimum Gasteiger partial charge on any atom is -0.481 e. The van der Waals surface area contributed by atoms with Crippen LogP contribution in [0.25, 0.3) is 0 Å². The highest BCUT2D eigenvalue weighted by molar-refractivity contribution is 5.96. The van der Waals surface area contributed by atoms with E-state index in [1.54, 1.807) is 0 Å². The third kappa shape index (κ3) is 6.48. The molecule has 2 fully saturated rings. The Morgan fingerprint density at radius 1 is 1.05 bits per heavy atom. The van der Waals surface area contributed by atoms with Crippen LogP contribution in [0.4, 0.5) is 20.6 Å². The number of carbonyl (C=O) groups excluding carboxylic acids is 3. The van der Waals surface area contributed by atoms with E-state index in [1.807, 2.05) is 0 Å². The van der Waals surface area contributed by atoms with E-state index in [4.69, 9.17) is 0 Å². The summed E-state index contributed by atoms with van der Waals surface area (Å²) >= 11 is 0. The molecule has 206 valence electrons. The van der Waals surface area contributed by atoms with Crippen molar-refractivity contribution in [2.75, 3.05) is 18.4 Å². The van der Waals surface area contributed by atoms with Gasteiger partial charge in [0.05, 0.1) is 17.4 Å². The van der Waals surface area contributed by atoms with Gasteiger partial charge in [-0.05, 0) is 36.6 Å². The molecule has 0 bridgehead atoms.